The van der Waals surface area contributed by atoms with Gasteiger partial charge in [-0.3, -0.25) is 4.90 Å². The van der Waals surface area contributed by atoms with Crippen molar-refractivity contribution in [2.24, 2.45) is 10.8 Å². The van der Waals surface area contributed by atoms with Gasteiger partial charge in [0, 0.05) is 11.5 Å². The predicted octanol–water partition coefficient (Wildman–Crippen LogP) is 3.06. The van der Waals surface area contributed by atoms with Gasteiger partial charge < -0.3 is 5.11 Å². The van der Waals surface area contributed by atoms with E-state index in [2.05, 4.69) is 0 Å². The molecule has 1 saturated carbocycles. The molecular formula is C14H21NO3. The zero-order chi connectivity index (χ0) is 13.6. The number of likely N-dealkylation sites (tertiary alicyclic amines) is 1. The average Bonchev–Trinajstić information content (AvgIpc) is 2.83. The third-order valence-corrected chi connectivity index (χ3v) is 4.50. The maximum absolute atomic E-state index is 11.5. The molecule has 1 N–H and O–H groups in total. The van der Waals surface area contributed by atoms with Crippen molar-refractivity contribution in [2.45, 2.75) is 58.9 Å². The molecule has 1 amide bonds. The first-order valence-electron chi connectivity index (χ1n) is 6.59. The molecule has 0 aromatic rings. The van der Waals surface area contributed by atoms with Crippen LogP contribution in [0.5, 0.6) is 0 Å². The summed E-state index contributed by atoms with van der Waals surface area (Å²) in [6.45, 7) is 6.10. The van der Waals surface area contributed by atoms with Crippen LogP contribution in [0.3, 0.4) is 0 Å². The lowest BCUT2D eigenvalue weighted by Gasteiger charge is -2.32. The van der Waals surface area contributed by atoms with Gasteiger partial charge in [-0.2, -0.15) is 0 Å². The molecule has 2 aliphatic rings. The number of nitrogens with zero attached hydrogens (tertiary/aromatic N) is 1. The van der Waals surface area contributed by atoms with E-state index in [0.717, 1.165) is 32.1 Å². The molecule has 4 nitrogen and oxygen atoms in total. The molecule has 1 atom stereocenters. The van der Waals surface area contributed by atoms with Crippen LogP contribution < -0.4 is 0 Å². The van der Waals surface area contributed by atoms with Crippen molar-refractivity contribution < 1.29 is 14.7 Å². The van der Waals surface area contributed by atoms with Crippen molar-refractivity contribution in [1.82, 2.24) is 4.90 Å². The van der Waals surface area contributed by atoms with Gasteiger partial charge in [-0.15, -0.1) is 0 Å². The highest BCUT2D eigenvalue weighted by Gasteiger charge is 2.55. The molecule has 1 unspecified atom stereocenters. The van der Waals surface area contributed by atoms with Gasteiger partial charge in [-0.25, -0.2) is 9.59 Å². The Balaban J connectivity index is 2.46. The Labute approximate surface area is 108 Å². The molecule has 0 bridgehead atoms. The molecule has 0 aromatic heterocycles. The Morgan fingerprint density at radius 2 is 1.94 bits per heavy atom. The highest BCUT2D eigenvalue weighted by atomic mass is 16.4. The molecule has 0 aromatic carbocycles. The minimum absolute atomic E-state index is 0.121. The SMILES string of the molecule is CC(C)(C)C1CC2(CCCC2)C(=C=O)N1C(=O)O. The molecule has 1 spiro atoms. The number of rotatable bonds is 0. The van der Waals surface area contributed by atoms with E-state index in [1.807, 2.05) is 26.7 Å². The summed E-state index contributed by atoms with van der Waals surface area (Å²) in [5.41, 5.74) is -0.00238. The van der Waals surface area contributed by atoms with Gasteiger partial charge in [0.15, 0.2) is 0 Å². The Bertz CT molecular complexity index is 409. The number of carbonyl (C=O) groups is 1. The maximum Gasteiger partial charge on any atom is 0.412 e. The third kappa shape index (κ3) is 1.85. The number of hydrogen-bond acceptors (Lipinski definition) is 2. The van der Waals surface area contributed by atoms with E-state index in [1.54, 1.807) is 0 Å². The van der Waals surface area contributed by atoms with Gasteiger partial charge in [0.2, 0.25) is 0 Å². The van der Waals surface area contributed by atoms with Gasteiger partial charge in [0.05, 0.1) is 0 Å². The second kappa shape index (κ2) is 4.13. The van der Waals surface area contributed by atoms with E-state index in [4.69, 9.17) is 0 Å². The minimum Gasteiger partial charge on any atom is -0.465 e. The Hall–Kier alpha value is -1.28. The number of allylic oxidation sites excluding steroid dienone is 1. The molecule has 18 heavy (non-hydrogen) atoms. The molecular weight excluding hydrogens is 230 g/mol. The highest BCUT2D eigenvalue weighted by molar-refractivity contribution is 5.74. The number of amides is 1. The molecule has 100 valence electrons. The Morgan fingerprint density at radius 1 is 1.39 bits per heavy atom. The second-order valence-electron chi connectivity index (χ2n) is 6.68. The normalized spacial score (nSPS) is 26.7. The summed E-state index contributed by atoms with van der Waals surface area (Å²) >= 11 is 0. The molecule has 0 radical (unpaired) electrons. The van der Waals surface area contributed by atoms with E-state index in [9.17, 15) is 14.7 Å². The van der Waals surface area contributed by atoms with E-state index in [1.165, 1.54) is 4.90 Å². The smallest absolute Gasteiger partial charge is 0.412 e. The van der Waals surface area contributed by atoms with Crippen molar-refractivity contribution in [3.63, 3.8) is 0 Å². The fraction of sp³-hybridized carbons (Fsp3) is 0.786. The third-order valence-electron chi connectivity index (χ3n) is 4.50. The summed E-state index contributed by atoms with van der Waals surface area (Å²) < 4.78 is 0. The van der Waals surface area contributed by atoms with E-state index < -0.39 is 6.09 Å². The number of carbonyl (C=O) groups excluding carboxylic acids is 1. The lowest BCUT2D eigenvalue weighted by Crippen LogP contribution is -2.41. The summed E-state index contributed by atoms with van der Waals surface area (Å²) in [5, 5.41) is 9.42. The Kier molecular flexibility index (Phi) is 3.02. The van der Waals surface area contributed by atoms with Gasteiger partial charge in [-0.05, 0) is 24.7 Å². The van der Waals surface area contributed by atoms with Crippen LogP contribution in [0, 0.1) is 10.8 Å². The zero-order valence-electron chi connectivity index (χ0n) is 11.3. The fourth-order valence-electron chi connectivity index (χ4n) is 3.54. The maximum atomic E-state index is 11.5. The van der Waals surface area contributed by atoms with Gasteiger partial charge in [0.1, 0.15) is 11.6 Å². The van der Waals surface area contributed by atoms with Crippen LogP contribution in [0.4, 0.5) is 4.79 Å². The second-order valence-corrected chi connectivity index (χ2v) is 6.68. The molecule has 2 fully saturated rings. The van der Waals surface area contributed by atoms with E-state index in [0.29, 0.717) is 5.70 Å². The molecule has 1 aliphatic heterocycles. The fourth-order valence-corrected chi connectivity index (χ4v) is 3.54. The van der Waals surface area contributed by atoms with Crippen LogP contribution in [-0.4, -0.2) is 28.1 Å². The minimum atomic E-state index is -1.02. The Morgan fingerprint density at radius 3 is 2.33 bits per heavy atom. The van der Waals surface area contributed by atoms with Crippen LogP contribution >= 0.6 is 0 Å². The predicted molar refractivity (Wildman–Crippen MR) is 67.8 cm³/mol. The van der Waals surface area contributed by atoms with Crippen molar-refractivity contribution in [2.75, 3.05) is 0 Å². The van der Waals surface area contributed by atoms with Gasteiger partial charge in [0.25, 0.3) is 0 Å². The molecule has 2 rings (SSSR count). The monoisotopic (exact) mass is 251 g/mol. The van der Waals surface area contributed by atoms with Gasteiger partial charge in [-0.1, -0.05) is 33.6 Å². The topological polar surface area (TPSA) is 57.6 Å². The van der Waals surface area contributed by atoms with Crippen LogP contribution in [0.1, 0.15) is 52.9 Å². The van der Waals surface area contributed by atoms with Crippen LogP contribution in [-0.2, 0) is 4.79 Å². The standard InChI is InChI=1S/C14H21NO3/c1-13(2,3)10-8-14(6-4-5-7-14)11(9-16)15(10)12(17)18/h10H,4-8H2,1-3H3,(H,17,18). The molecule has 1 heterocycles. The van der Waals surface area contributed by atoms with Crippen LogP contribution in [0.25, 0.3) is 0 Å². The van der Waals surface area contributed by atoms with Crippen LogP contribution in [0.2, 0.25) is 0 Å². The van der Waals surface area contributed by atoms with E-state index in [-0.39, 0.29) is 16.9 Å². The van der Waals surface area contributed by atoms with Crippen molar-refractivity contribution >= 4 is 12.0 Å². The number of carboxylic acid groups (broad SMARTS) is 1. The van der Waals surface area contributed by atoms with Crippen molar-refractivity contribution in [3.8, 4) is 0 Å². The first-order valence-corrected chi connectivity index (χ1v) is 6.59. The summed E-state index contributed by atoms with van der Waals surface area (Å²) in [6.07, 6.45) is 3.76. The lowest BCUT2D eigenvalue weighted by molar-refractivity contribution is 0.119. The first kappa shape index (κ1) is 13.2. The quantitative estimate of drug-likeness (QED) is 0.673. The average molecular weight is 251 g/mol. The molecule has 4 heteroatoms. The summed E-state index contributed by atoms with van der Waals surface area (Å²) in [5.74, 6) is 1.94. The first-order chi connectivity index (χ1) is 8.32. The van der Waals surface area contributed by atoms with Crippen molar-refractivity contribution in [3.05, 3.63) is 5.70 Å². The summed E-state index contributed by atoms with van der Waals surface area (Å²) in [6, 6.07) is -0.121. The van der Waals surface area contributed by atoms with E-state index >= 15 is 0 Å². The van der Waals surface area contributed by atoms with Gasteiger partial charge >= 0.3 is 6.09 Å². The molecule has 1 saturated heterocycles. The summed E-state index contributed by atoms with van der Waals surface area (Å²) in [7, 11) is 0. The number of hydrogen-bond donors (Lipinski definition) is 1. The van der Waals surface area contributed by atoms with Crippen molar-refractivity contribution in [1.29, 1.82) is 0 Å². The molecule has 1 aliphatic carbocycles. The largest absolute Gasteiger partial charge is 0.465 e. The summed E-state index contributed by atoms with van der Waals surface area (Å²) in [4.78, 5) is 24.1. The highest BCUT2D eigenvalue weighted by Crippen LogP contribution is 2.56. The lowest BCUT2D eigenvalue weighted by atomic mass is 9.76. The zero-order valence-corrected chi connectivity index (χ0v) is 11.3. The van der Waals surface area contributed by atoms with Crippen LogP contribution in [0.15, 0.2) is 5.70 Å².